The van der Waals surface area contributed by atoms with Crippen molar-refractivity contribution in [2.75, 3.05) is 6.61 Å². The van der Waals surface area contributed by atoms with Crippen molar-refractivity contribution < 1.29 is 14.9 Å². The zero-order chi connectivity index (χ0) is 24.0. The summed E-state index contributed by atoms with van der Waals surface area (Å²) in [4.78, 5) is 4.39. The fourth-order valence-electron chi connectivity index (χ4n) is 3.58. The van der Waals surface area contributed by atoms with Gasteiger partial charge in [0.25, 0.3) is 0 Å². The van der Waals surface area contributed by atoms with Crippen molar-refractivity contribution in [3.05, 3.63) is 89.5 Å². The summed E-state index contributed by atoms with van der Waals surface area (Å²) in [6.45, 7) is 3.03. The van der Waals surface area contributed by atoms with Gasteiger partial charge in [-0.1, -0.05) is 75.4 Å². The van der Waals surface area contributed by atoms with Crippen LogP contribution in [0.3, 0.4) is 0 Å². The van der Waals surface area contributed by atoms with Gasteiger partial charge in [0, 0.05) is 17.8 Å². The molecule has 0 saturated heterocycles. The maximum absolute atomic E-state index is 9.84. The molecule has 0 aliphatic rings. The Kier molecular flexibility index (Phi) is 10.3. The summed E-state index contributed by atoms with van der Waals surface area (Å²) < 4.78 is 5.85. The highest BCUT2D eigenvalue weighted by Gasteiger charge is 2.00. The molecule has 0 radical (unpaired) electrons. The molecule has 0 aliphatic carbocycles. The number of hydrogen-bond acceptors (Lipinski definition) is 4. The fourth-order valence-corrected chi connectivity index (χ4v) is 3.58. The van der Waals surface area contributed by atoms with E-state index in [0.717, 1.165) is 36.4 Å². The first-order valence-electron chi connectivity index (χ1n) is 12.2. The van der Waals surface area contributed by atoms with Crippen LogP contribution in [0.4, 0.5) is 5.69 Å². The minimum Gasteiger partial charge on any atom is -0.508 e. The predicted molar refractivity (Wildman–Crippen MR) is 142 cm³/mol. The SMILES string of the molecule is CCCCCCCCOc1ccc(C=CCc2ccc(N=Cc3ccc(O)cc3O)cc2)cc1. The van der Waals surface area contributed by atoms with Crippen molar-refractivity contribution in [1.29, 1.82) is 0 Å². The lowest BCUT2D eigenvalue weighted by Crippen LogP contribution is -1.97. The highest BCUT2D eigenvalue weighted by Crippen LogP contribution is 2.22. The molecule has 0 fully saturated rings. The first-order chi connectivity index (χ1) is 16.6. The molecule has 0 unspecified atom stereocenters. The molecule has 0 spiro atoms. The van der Waals surface area contributed by atoms with Gasteiger partial charge in [0.1, 0.15) is 17.2 Å². The number of hydrogen-bond donors (Lipinski definition) is 2. The quantitative estimate of drug-likeness (QED) is 0.203. The van der Waals surface area contributed by atoms with Crippen molar-refractivity contribution in [3.8, 4) is 17.2 Å². The van der Waals surface area contributed by atoms with Gasteiger partial charge in [-0.25, -0.2) is 0 Å². The molecule has 4 heteroatoms. The third kappa shape index (κ3) is 8.78. The molecule has 0 atom stereocenters. The minimum atomic E-state index is 0.00269. The van der Waals surface area contributed by atoms with E-state index >= 15 is 0 Å². The van der Waals surface area contributed by atoms with E-state index < -0.39 is 0 Å². The van der Waals surface area contributed by atoms with E-state index in [-0.39, 0.29) is 11.5 Å². The van der Waals surface area contributed by atoms with Crippen LogP contribution in [0.5, 0.6) is 17.2 Å². The Balaban J connectivity index is 1.41. The van der Waals surface area contributed by atoms with Gasteiger partial charge in [-0.2, -0.15) is 0 Å². The van der Waals surface area contributed by atoms with Crippen LogP contribution < -0.4 is 4.74 Å². The summed E-state index contributed by atoms with van der Waals surface area (Å²) >= 11 is 0. The maximum Gasteiger partial charge on any atom is 0.128 e. The Bertz CT molecular complexity index is 1050. The molecular weight excluding hydrogens is 422 g/mol. The number of benzene rings is 3. The average Bonchev–Trinajstić information content (AvgIpc) is 2.85. The smallest absolute Gasteiger partial charge is 0.128 e. The van der Waals surface area contributed by atoms with Gasteiger partial charge < -0.3 is 14.9 Å². The van der Waals surface area contributed by atoms with Gasteiger partial charge in [0.05, 0.1) is 12.3 Å². The molecule has 34 heavy (non-hydrogen) atoms. The molecule has 0 aromatic heterocycles. The van der Waals surface area contributed by atoms with Crippen molar-refractivity contribution in [3.63, 3.8) is 0 Å². The molecular formula is C30H35NO3. The number of phenolic OH excluding ortho intramolecular Hbond substituents is 2. The van der Waals surface area contributed by atoms with Crippen LogP contribution in [0.2, 0.25) is 0 Å². The highest BCUT2D eigenvalue weighted by atomic mass is 16.5. The van der Waals surface area contributed by atoms with Crippen LogP contribution in [0, 0.1) is 0 Å². The Labute approximate surface area is 203 Å². The number of ether oxygens (including phenoxy) is 1. The molecule has 3 aromatic carbocycles. The van der Waals surface area contributed by atoms with Crippen LogP contribution >= 0.6 is 0 Å². The molecule has 0 saturated carbocycles. The topological polar surface area (TPSA) is 62.0 Å². The summed E-state index contributed by atoms with van der Waals surface area (Å²) in [6, 6.07) is 20.7. The van der Waals surface area contributed by atoms with Crippen molar-refractivity contribution >= 4 is 18.0 Å². The number of aliphatic imine (C=N–C) groups is 1. The minimum absolute atomic E-state index is 0.00269. The second-order valence-corrected chi connectivity index (χ2v) is 8.46. The van der Waals surface area contributed by atoms with E-state index in [9.17, 15) is 10.2 Å². The van der Waals surface area contributed by atoms with E-state index in [1.54, 1.807) is 12.3 Å². The highest BCUT2D eigenvalue weighted by molar-refractivity contribution is 5.85. The first kappa shape index (κ1) is 25.1. The molecule has 0 amide bonds. The van der Waals surface area contributed by atoms with Crippen molar-refractivity contribution in [2.45, 2.75) is 51.9 Å². The number of nitrogens with zero attached hydrogens (tertiary/aromatic N) is 1. The second-order valence-electron chi connectivity index (χ2n) is 8.46. The molecule has 178 valence electrons. The first-order valence-corrected chi connectivity index (χ1v) is 12.2. The maximum atomic E-state index is 9.84. The summed E-state index contributed by atoms with van der Waals surface area (Å²) in [5.41, 5.74) is 3.71. The molecule has 2 N–H and O–H groups in total. The van der Waals surface area contributed by atoms with Gasteiger partial charge in [-0.3, -0.25) is 4.99 Å². The predicted octanol–water partition coefficient (Wildman–Crippen LogP) is 7.84. The molecule has 4 nitrogen and oxygen atoms in total. The summed E-state index contributed by atoms with van der Waals surface area (Å²) in [5, 5.41) is 19.2. The van der Waals surface area contributed by atoms with Crippen LogP contribution in [0.15, 0.2) is 77.8 Å². The van der Waals surface area contributed by atoms with Crippen LogP contribution in [0.1, 0.15) is 62.1 Å². The molecule has 3 rings (SSSR count). The van der Waals surface area contributed by atoms with E-state index in [2.05, 4.69) is 36.2 Å². The molecule has 0 aliphatic heterocycles. The van der Waals surface area contributed by atoms with E-state index in [0.29, 0.717) is 5.56 Å². The molecule has 0 heterocycles. The fraction of sp³-hybridized carbons (Fsp3) is 0.300. The third-order valence-electron chi connectivity index (χ3n) is 5.61. The standard InChI is InChI=1S/C30H35NO3/c1-2-3-4-5-6-7-21-34-29-19-13-25(14-20-29)10-8-9-24-11-16-27(17-12-24)31-23-26-15-18-28(32)22-30(26)33/h8,10-20,22-23,32-33H,2-7,9,21H2,1H3. The van der Waals surface area contributed by atoms with Gasteiger partial charge in [0.2, 0.25) is 0 Å². The van der Waals surface area contributed by atoms with Crippen LogP contribution in [-0.4, -0.2) is 23.0 Å². The van der Waals surface area contributed by atoms with E-state index in [4.69, 9.17) is 4.74 Å². The van der Waals surface area contributed by atoms with Gasteiger partial charge >= 0.3 is 0 Å². The Morgan fingerprint density at radius 2 is 1.56 bits per heavy atom. The Hall–Kier alpha value is -3.53. The average molecular weight is 458 g/mol. The number of aromatic hydroxyl groups is 2. The number of rotatable bonds is 13. The Morgan fingerprint density at radius 1 is 0.824 bits per heavy atom. The summed E-state index contributed by atoms with van der Waals surface area (Å²) in [6.07, 6.45) is 14.3. The summed E-state index contributed by atoms with van der Waals surface area (Å²) in [5.74, 6) is 0.963. The lowest BCUT2D eigenvalue weighted by atomic mass is 10.1. The molecule has 0 bridgehead atoms. The van der Waals surface area contributed by atoms with Gasteiger partial charge in [0.15, 0.2) is 0 Å². The lowest BCUT2D eigenvalue weighted by Gasteiger charge is -2.06. The summed E-state index contributed by atoms with van der Waals surface area (Å²) in [7, 11) is 0. The largest absolute Gasteiger partial charge is 0.508 e. The number of unbranched alkanes of at least 4 members (excludes halogenated alkanes) is 5. The zero-order valence-corrected chi connectivity index (χ0v) is 20.0. The van der Waals surface area contributed by atoms with Gasteiger partial charge in [-0.15, -0.1) is 0 Å². The third-order valence-corrected chi connectivity index (χ3v) is 5.61. The monoisotopic (exact) mass is 457 g/mol. The van der Waals surface area contributed by atoms with Crippen LogP contribution in [-0.2, 0) is 6.42 Å². The van der Waals surface area contributed by atoms with Crippen molar-refractivity contribution in [2.24, 2.45) is 4.99 Å². The lowest BCUT2D eigenvalue weighted by molar-refractivity contribution is 0.304. The van der Waals surface area contributed by atoms with Crippen molar-refractivity contribution in [1.82, 2.24) is 0 Å². The number of allylic oxidation sites excluding steroid dienone is 1. The van der Waals surface area contributed by atoms with Gasteiger partial charge in [-0.05, 0) is 60.4 Å². The van der Waals surface area contributed by atoms with E-state index in [1.807, 2.05) is 36.4 Å². The molecule has 3 aromatic rings. The second kappa shape index (κ2) is 13.9. The zero-order valence-electron chi connectivity index (χ0n) is 20.0. The Morgan fingerprint density at radius 3 is 2.29 bits per heavy atom. The van der Waals surface area contributed by atoms with E-state index in [1.165, 1.54) is 49.8 Å². The normalized spacial score (nSPS) is 11.4. The number of phenols is 2. The van der Waals surface area contributed by atoms with Crippen LogP contribution in [0.25, 0.3) is 6.08 Å².